The molecule has 2 heterocycles. The van der Waals surface area contributed by atoms with Gasteiger partial charge in [0.15, 0.2) is 0 Å². The highest BCUT2D eigenvalue weighted by Crippen LogP contribution is 2.36. The van der Waals surface area contributed by atoms with E-state index in [0.29, 0.717) is 5.59 Å². The lowest BCUT2D eigenvalue weighted by molar-refractivity contribution is 0.00578. The van der Waals surface area contributed by atoms with E-state index in [9.17, 15) is 9.50 Å². The fourth-order valence-electron chi connectivity index (χ4n) is 2.00. The summed E-state index contributed by atoms with van der Waals surface area (Å²) >= 11 is 0. The highest BCUT2D eigenvalue weighted by Gasteiger charge is 2.52. The van der Waals surface area contributed by atoms with E-state index in [4.69, 9.17) is 9.31 Å². The number of hydrogen-bond acceptors (Lipinski definition) is 4. The standard InChI is InChI=1S/C14H21BFNO3/c1-12(2,18)9-7-8-10(17-11(9)16)15-19-13(3,4)14(5,6)20-15/h7-8,18H,1-6H3. The topological polar surface area (TPSA) is 51.6 Å². The molecule has 1 saturated heterocycles. The van der Waals surface area contributed by atoms with Gasteiger partial charge >= 0.3 is 7.12 Å². The fourth-order valence-corrected chi connectivity index (χ4v) is 2.00. The molecule has 1 fully saturated rings. The zero-order valence-electron chi connectivity index (χ0n) is 12.8. The van der Waals surface area contributed by atoms with Crippen molar-refractivity contribution in [2.24, 2.45) is 0 Å². The number of aliphatic hydroxyl groups is 1. The highest BCUT2D eigenvalue weighted by atomic mass is 19.1. The van der Waals surface area contributed by atoms with Crippen LogP contribution in [-0.4, -0.2) is 28.4 Å². The second-order valence-electron chi connectivity index (χ2n) is 6.72. The number of aromatic nitrogens is 1. The van der Waals surface area contributed by atoms with E-state index in [1.54, 1.807) is 6.07 Å². The van der Waals surface area contributed by atoms with Crippen molar-refractivity contribution in [1.29, 1.82) is 0 Å². The lowest BCUT2D eigenvalue weighted by Crippen LogP contribution is -2.41. The van der Waals surface area contributed by atoms with Gasteiger partial charge in [0.2, 0.25) is 5.95 Å². The average Bonchev–Trinajstić information content (AvgIpc) is 2.46. The van der Waals surface area contributed by atoms with Crippen LogP contribution in [0.15, 0.2) is 12.1 Å². The number of rotatable bonds is 2. The van der Waals surface area contributed by atoms with Gasteiger partial charge in [-0.1, -0.05) is 6.07 Å². The van der Waals surface area contributed by atoms with Gasteiger partial charge < -0.3 is 14.4 Å². The Morgan fingerprint density at radius 1 is 1.15 bits per heavy atom. The van der Waals surface area contributed by atoms with Gasteiger partial charge in [-0.2, -0.15) is 4.39 Å². The normalized spacial score (nSPS) is 21.3. The summed E-state index contributed by atoms with van der Waals surface area (Å²) in [5.41, 5.74) is -1.74. The first-order valence-electron chi connectivity index (χ1n) is 6.69. The lowest BCUT2D eigenvalue weighted by atomic mass is 9.83. The molecule has 1 aliphatic heterocycles. The van der Waals surface area contributed by atoms with Crippen LogP contribution in [0.5, 0.6) is 0 Å². The Bertz CT molecular complexity index is 510. The summed E-state index contributed by atoms with van der Waals surface area (Å²) in [5, 5.41) is 9.85. The fraction of sp³-hybridized carbons (Fsp3) is 0.643. The van der Waals surface area contributed by atoms with Crippen molar-refractivity contribution in [3.8, 4) is 0 Å². The SMILES string of the molecule is CC(C)(O)c1ccc(B2OC(C)(C)C(C)(C)O2)nc1F. The van der Waals surface area contributed by atoms with E-state index in [1.165, 1.54) is 19.9 Å². The van der Waals surface area contributed by atoms with E-state index in [2.05, 4.69) is 4.98 Å². The van der Waals surface area contributed by atoms with E-state index < -0.39 is 29.9 Å². The van der Waals surface area contributed by atoms with Crippen LogP contribution in [0.3, 0.4) is 0 Å². The van der Waals surface area contributed by atoms with Crippen molar-refractivity contribution in [1.82, 2.24) is 4.98 Å². The zero-order chi connectivity index (χ0) is 15.3. The molecule has 2 rings (SSSR count). The third kappa shape index (κ3) is 2.60. The Balaban J connectivity index is 2.31. The Labute approximate surface area is 119 Å². The van der Waals surface area contributed by atoms with Crippen molar-refractivity contribution in [2.45, 2.75) is 58.3 Å². The van der Waals surface area contributed by atoms with Crippen LogP contribution in [0, 0.1) is 5.95 Å². The van der Waals surface area contributed by atoms with Crippen LogP contribution in [0.4, 0.5) is 4.39 Å². The first-order valence-corrected chi connectivity index (χ1v) is 6.69. The second kappa shape index (κ2) is 4.51. The maximum Gasteiger partial charge on any atom is 0.514 e. The lowest BCUT2D eigenvalue weighted by Gasteiger charge is -2.32. The monoisotopic (exact) mass is 281 g/mol. The van der Waals surface area contributed by atoms with Crippen LogP contribution in [0.2, 0.25) is 0 Å². The summed E-state index contributed by atoms with van der Waals surface area (Å²) in [6.45, 7) is 10.7. The first-order chi connectivity index (χ1) is 8.94. The smallest absolute Gasteiger partial charge is 0.398 e. The first kappa shape index (κ1) is 15.4. The average molecular weight is 281 g/mol. The van der Waals surface area contributed by atoms with Crippen molar-refractivity contribution >= 4 is 12.7 Å². The van der Waals surface area contributed by atoms with Gasteiger partial charge in [-0.25, -0.2) is 4.98 Å². The Hall–Kier alpha value is -0.975. The molecule has 1 aromatic heterocycles. The van der Waals surface area contributed by atoms with Gasteiger partial charge in [0.25, 0.3) is 0 Å². The number of hydrogen-bond donors (Lipinski definition) is 1. The molecular weight excluding hydrogens is 260 g/mol. The Morgan fingerprint density at radius 2 is 1.65 bits per heavy atom. The van der Waals surface area contributed by atoms with Crippen LogP contribution in [0.1, 0.15) is 47.1 Å². The molecule has 0 radical (unpaired) electrons. The summed E-state index contributed by atoms with van der Waals surface area (Å²) in [5.74, 6) is -0.704. The molecular formula is C14H21BFNO3. The molecule has 0 bridgehead atoms. The molecule has 0 aromatic carbocycles. The van der Waals surface area contributed by atoms with E-state index >= 15 is 0 Å². The van der Waals surface area contributed by atoms with E-state index in [0.717, 1.165) is 0 Å². The van der Waals surface area contributed by atoms with Gasteiger partial charge in [0.1, 0.15) is 0 Å². The van der Waals surface area contributed by atoms with Crippen LogP contribution < -0.4 is 5.59 Å². The Morgan fingerprint density at radius 3 is 2.05 bits per heavy atom. The Kier molecular flexibility index (Phi) is 3.48. The zero-order valence-corrected chi connectivity index (χ0v) is 12.8. The van der Waals surface area contributed by atoms with E-state index in [-0.39, 0.29) is 5.56 Å². The summed E-state index contributed by atoms with van der Waals surface area (Å²) in [6.07, 6.45) is 0. The summed E-state index contributed by atoms with van der Waals surface area (Å²) < 4.78 is 25.6. The molecule has 1 N–H and O–H groups in total. The molecule has 0 saturated carbocycles. The van der Waals surface area contributed by atoms with Gasteiger partial charge in [-0.05, 0) is 47.6 Å². The number of pyridine rings is 1. The predicted octanol–water partition coefficient (Wildman–Crippen LogP) is 1.75. The molecule has 110 valence electrons. The summed E-state index contributed by atoms with van der Waals surface area (Å²) in [6, 6.07) is 3.14. The summed E-state index contributed by atoms with van der Waals surface area (Å²) in [7, 11) is -0.703. The third-order valence-corrected chi connectivity index (χ3v) is 4.02. The van der Waals surface area contributed by atoms with Crippen LogP contribution in [0.25, 0.3) is 0 Å². The minimum atomic E-state index is -1.27. The predicted molar refractivity (Wildman–Crippen MR) is 75.2 cm³/mol. The molecule has 4 nitrogen and oxygen atoms in total. The molecule has 6 heteroatoms. The minimum absolute atomic E-state index is 0.151. The highest BCUT2D eigenvalue weighted by molar-refractivity contribution is 6.61. The van der Waals surface area contributed by atoms with Gasteiger partial charge in [0, 0.05) is 5.56 Å². The maximum atomic E-state index is 14.0. The van der Waals surface area contributed by atoms with Crippen LogP contribution >= 0.6 is 0 Å². The van der Waals surface area contributed by atoms with Gasteiger partial charge in [0.05, 0.1) is 22.4 Å². The number of halogens is 1. The second-order valence-corrected chi connectivity index (χ2v) is 6.72. The van der Waals surface area contributed by atoms with Crippen LogP contribution in [-0.2, 0) is 14.9 Å². The molecule has 0 spiro atoms. The minimum Gasteiger partial charge on any atom is -0.398 e. The van der Waals surface area contributed by atoms with Crippen molar-refractivity contribution in [2.75, 3.05) is 0 Å². The molecule has 0 unspecified atom stereocenters. The molecule has 0 atom stereocenters. The van der Waals surface area contributed by atoms with Crippen molar-refractivity contribution in [3.05, 3.63) is 23.6 Å². The quantitative estimate of drug-likeness (QED) is 0.663. The van der Waals surface area contributed by atoms with Gasteiger partial charge in [-0.3, -0.25) is 0 Å². The van der Waals surface area contributed by atoms with Crippen molar-refractivity contribution in [3.63, 3.8) is 0 Å². The molecule has 1 aliphatic rings. The molecule has 0 amide bonds. The molecule has 1 aromatic rings. The molecule has 20 heavy (non-hydrogen) atoms. The maximum absolute atomic E-state index is 14.0. The van der Waals surface area contributed by atoms with Crippen molar-refractivity contribution < 1.29 is 18.8 Å². The number of nitrogens with zero attached hydrogens (tertiary/aromatic N) is 1. The summed E-state index contributed by atoms with van der Waals surface area (Å²) in [4.78, 5) is 3.88. The van der Waals surface area contributed by atoms with E-state index in [1.807, 2.05) is 27.7 Å². The third-order valence-electron chi connectivity index (χ3n) is 4.02. The largest absolute Gasteiger partial charge is 0.514 e. The molecule has 0 aliphatic carbocycles. The van der Waals surface area contributed by atoms with Gasteiger partial charge in [-0.15, -0.1) is 0 Å².